The molecule has 1 aromatic heterocycles. The van der Waals surface area contributed by atoms with Gasteiger partial charge < -0.3 is 20.2 Å². The van der Waals surface area contributed by atoms with E-state index in [1.54, 1.807) is 6.07 Å². The predicted molar refractivity (Wildman–Crippen MR) is 95.3 cm³/mol. The minimum Gasteiger partial charge on any atom is -0.480 e. The van der Waals surface area contributed by atoms with Crippen LogP contribution >= 0.6 is 11.6 Å². The SMILES string of the molecule is O=C(O)CNCc1nc2cc(Cl)c3c(c2o1)C1(CCCCC1)NC(=O)N3. The van der Waals surface area contributed by atoms with Crippen LogP contribution in [-0.4, -0.2) is 28.6 Å². The summed E-state index contributed by atoms with van der Waals surface area (Å²) >= 11 is 6.43. The van der Waals surface area contributed by atoms with Gasteiger partial charge in [-0.3, -0.25) is 10.1 Å². The van der Waals surface area contributed by atoms with Crippen molar-refractivity contribution >= 4 is 40.4 Å². The molecule has 2 heterocycles. The minimum atomic E-state index is -0.949. The standard InChI is InChI=1S/C17H19ClN4O4/c18-9-6-10-15(26-11(20-10)7-19-8-12(23)24)13-14(9)21-16(25)22-17(13)4-2-1-3-5-17/h6,19H,1-5,7-8H2,(H,23,24)(H2,21,22,25). The molecule has 0 saturated heterocycles. The van der Waals surface area contributed by atoms with Gasteiger partial charge in [0.05, 0.1) is 29.3 Å². The van der Waals surface area contributed by atoms with E-state index in [4.69, 9.17) is 21.1 Å². The highest BCUT2D eigenvalue weighted by Crippen LogP contribution is 2.48. The van der Waals surface area contributed by atoms with Crippen molar-refractivity contribution in [2.45, 2.75) is 44.2 Å². The molecule has 1 aliphatic heterocycles. The number of carboxylic acids is 1. The lowest BCUT2D eigenvalue weighted by molar-refractivity contribution is -0.136. The molecule has 0 radical (unpaired) electrons. The first-order chi connectivity index (χ1) is 12.5. The summed E-state index contributed by atoms with van der Waals surface area (Å²) in [5, 5.41) is 17.8. The minimum absolute atomic E-state index is 0.181. The highest BCUT2D eigenvalue weighted by molar-refractivity contribution is 6.35. The molecule has 1 saturated carbocycles. The van der Waals surface area contributed by atoms with E-state index in [-0.39, 0.29) is 19.1 Å². The van der Waals surface area contributed by atoms with Crippen LogP contribution in [0.2, 0.25) is 5.02 Å². The third-order valence-corrected chi connectivity index (χ3v) is 5.30. The second kappa shape index (κ2) is 6.44. The smallest absolute Gasteiger partial charge is 0.319 e. The van der Waals surface area contributed by atoms with Gasteiger partial charge in [-0.1, -0.05) is 30.9 Å². The van der Waals surface area contributed by atoms with Gasteiger partial charge in [0.1, 0.15) is 5.52 Å². The van der Waals surface area contributed by atoms with Crippen LogP contribution in [-0.2, 0) is 16.9 Å². The van der Waals surface area contributed by atoms with Gasteiger partial charge in [0.2, 0.25) is 5.89 Å². The molecule has 8 nitrogen and oxygen atoms in total. The van der Waals surface area contributed by atoms with Crippen molar-refractivity contribution in [1.29, 1.82) is 0 Å². The zero-order chi connectivity index (χ0) is 18.3. The van der Waals surface area contributed by atoms with Crippen molar-refractivity contribution in [3.63, 3.8) is 0 Å². The monoisotopic (exact) mass is 378 g/mol. The second-order valence-electron chi connectivity index (χ2n) is 6.78. The Labute approximate surface area is 154 Å². The maximum absolute atomic E-state index is 12.2. The molecular formula is C17H19ClN4O4. The van der Waals surface area contributed by atoms with E-state index >= 15 is 0 Å². The number of benzene rings is 1. The van der Waals surface area contributed by atoms with Crippen molar-refractivity contribution in [3.05, 3.63) is 22.5 Å². The predicted octanol–water partition coefficient (Wildman–Crippen LogP) is 2.95. The molecule has 0 bridgehead atoms. The number of hydrogen-bond donors (Lipinski definition) is 4. The fourth-order valence-corrected chi connectivity index (χ4v) is 4.21. The Balaban J connectivity index is 1.80. The first-order valence-corrected chi connectivity index (χ1v) is 9.00. The zero-order valence-corrected chi connectivity index (χ0v) is 14.8. The van der Waals surface area contributed by atoms with E-state index in [1.807, 2.05) is 0 Å². The lowest BCUT2D eigenvalue weighted by atomic mass is 9.74. The maximum Gasteiger partial charge on any atom is 0.319 e. The van der Waals surface area contributed by atoms with Gasteiger partial charge in [0.15, 0.2) is 5.58 Å². The van der Waals surface area contributed by atoms with Crippen molar-refractivity contribution in [2.24, 2.45) is 0 Å². The highest BCUT2D eigenvalue weighted by Gasteiger charge is 2.44. The van der Waals surface area contributed by atoms with E-state index in [1.165, 1.54) is 0 Å². The van der Waals surface area contributed by atoms with Crippen LogP contribution in [0.5, 0.6) is 0 Å². The van der Waals surface area contributed by atoms with E-state index in [9.17, 15) is 9.59 Å². The van der Waals surface area contributed by atoms with E-state index in [0.717, 1.165) is 37.7 Å². The Kier molecular flexibility index (Phi) is 4.24. The molecule has 138 valence electrons. The summed E-state index contributed by atoms with van der Waals surface area (Å²) in [4.78, 5) is 27.3. The number of urea groups is 1. The highest BCUT2D eigenvalue weighted by atomic mass is 35.5. The van der Waals surface area contributed by atoms with E-state index in [0.29, 0.717) is 27.7 Å². The lowest BCUT2D eigenvalue weighted by Gasteiger charge is -2.42. The number of rotatable bonds is 4. The third-order valence-electron chi connectivity index (χ3n) is 5.01. The van der Waals surface area contributed by atoms with Crippen LogP contribution < -0.4 is 16.0 Å². The number of anilines is 1. The Morgan fingerprint density at radius 1 is 1.38 bits per heavy atom. The van der Waals surface area contributed by atoms with Crippen LogP contribution in [0.3, 0.4) is 0 Å². The number of oxazole rings is 1. The molecule has 0 unspecified atom stereocenters. The van der Waals surface area contributed by atoms with Gasteiger partial charge in [-0.15, -0.1) is 0 Å². The lowest BCUT2D eigenvalue weighted by Crippen LogP contribution is -2.52. The molecule has 1 fully saturated rings. The normalized spacial score (nSPS) is 18.4. The van der Waals surface area contributed by atoms with Crippen molar-refractivity contribution in [1.82, 2.24) is 15.6 Å². The second-order valence-corrected chi connectivity index (χ2v) is 7.19. The molecule has 9 heteroatoms. The molecule has 2 aromatic rings. The number of nitrogens with one attached hydrogen (secondary N) is 3. The Hall–Kier alpha value is -2.32. The quantitative estimate of drug-likeness (QED) is 0.650. The number of hydrogen-bond acceptors (Lipinski definition) is 5. The van der Waals surface area contributed by atoms with Gasteiger partial charge in [-0.05, 0) is 18.9 Å². The van der Waals surface area contributed by atoms with E-state index in [2.05, 4.69) is 20.9 Å². The van der Waals surface area contributed by atoms with Crippen molar-refractivity contribution in [2.75, 3.05) is 11.9 Å². The van der Waals surface area contributed by atoms with Gasteiger partial charge in [-0.25, -0.2) is 9.78 Å². The van der Waals surface area contributed by atoms with Gasteiger partial charge in [-0.2, -0.15) is 0 Å². The first-order valence-electron chi connectivity index (χ1n) is 8.62. The number of aliphatic carboxylic acids is 1. The summed E-state index contributed by atoms with van der Waals surface area (Å²) in [7, 11) is 0. The molecule has 4 rings (SSSR count). The Bertz CT molecular complexity index is 889. The summed E-state index contributed by atoms with van der Waals surface area (Å²) in [6, 6.07) is 1.41. The molecule has 2 amide bonds. The van der Waals surface area contributed by atoms with Crippen molar-refractivity contribution < 1.29 is 19.1 Å². The molecule has 1 aromatic carbocycles. The molecule has 4 N–H and O–H groups in total. The van der Waals surface area contributed by atoms with Crippen LogP contribution in [0, 0.1) is 0 Å². The summed E-state index contributed by atoms with van der Waals surface area (Å²) < 4.78 is 5.95. The Morgan fingerprint density at radius 3 is 2.88 bits per heavy atom. The average Bonchev–Trinajstić information content (AvgIpc) is 2.97. The van der Waals surface area contributed by atoms with Crippen LogP contribution in [0.25, 0.3) is 11.1 Å². The van der Waals surface area contributed by atoms with Crippen molar-refractivity contribution in [3.8, 4) is 0 Å². The number of aromatic nitrogens is 1. The number of nitrogens with zero attached hydrogens (tertiary/aromatic N) is 1. The fraction of sp³-hybridized carbons (Fsp3) is 0.471. The number of fused-ring (bicyclic) bond motifs is 4. The zero-order valence-electron chi connectivity index (χ0n) is 14.0. The topological polar surface area (TPSA) is 116 Å². The average molecular weight is 379 g/mol. The molecule has 2 aliphatic rings. The largest absolute Gasteiger partial charge is 0.480 e. The number of carbonyl (C=O) groups excluding carboxylic acids is 1. The first kappa shape index (κ1) is 17.1. The molecule has 1 aliphatic carbocycles. The fourth-order valence-electron chi connectivity index (χ4n) is 3.97. The number of amides is 2. The summed E-state index contributed by atoms with van der Waals surface area (Å²) in [6.07, 6.45) is 4.78. The van der Waals surface area contributed by atoms with E-state index < -0.39 is 11.5 Å². The van der Waals surface area contributed by atoms with Crippen LogP contribution in [0.4, 0.5) is 10.5 Å². The summed E-state index contributed by atoms with van der Waals surface area (Å²) in [6.45, 7) is 0.0132. The van der Waals surface area contributed by atoms with Crippen LogP contribution in [0.15, 0.2) is 10.5 Å². The number of carboxylic acid groups (broad SMARTS) is 1. The Morgan fingerprint density at radius 2 is 2.15 bits per heavy atom. The van der Waals surface area contributed by atoms with Gasteiger partial charge in [0, 0.05) is 5.56 Å². The van der Waals surface area contributed by atoms with Gasteiger partial charge >= 0.3 is 12.0 Å². The third kappa shape index (κ3) is 2.89. The van der Waals surface area contributed by atoms with Gasteiger partial charge in [0.25, 0.3) is 0 Å². The molecule has 0 atom stereocenters. The van der Waals surface area contributed by atoms with Crippen LogP contribution in [0.1, 0.15) is 43.6 Å². The summed E-state index contributed by atoms with van der Waals surface area (Å²) in [5.74, 6) is -0.566. The number of halogens is 1. The molecule has 1 spiro atoms. The summed E-state index contributed by atoms with van der Waals surface area (Å²) in [5.41, 5.74) is 2.10. The molecule has 26 heavy (non-hydrogen) atoms. The maximum atomic E-state index is 12.2. The molecular weight excluding hydrogens is 360 g/mol. The number of carbonyl (C=O) groups is 2.